The predicted octanol–water partition coefficient (Wildman–Crippen LogP) is 1.47. The van der Waals surface area contributed by atoms with Gasteiger partial charge in [-0.3, -0.25) is 15.3 Å². The number of anilines is 1. The van der Waals surface area contributed by atoms with E-state index in [1.54, 1.807) is 0 Å². The van der Waals surface area contributed by atoms with Gasteiger partial charge in [0.25, 0.3) is 0 Å². The summed E-state index contributed by atoms with van der Waals surface area (Å²) in [6, 6.07) is 14.1. The molecule has 3 aliphatic heterocycles. The Morgan fingerprint density at radius 1 is 1.11 bits per heavy atom. The number of nitrogens with one attached hydrogen (secondary N) is 3. The molecule has 0 aliphatic carbocycles. The van der Waals surface area contributed by atoms with E-state index in [1.165, 1.54) is 0 Å². The highest BCUT2D eigenvalue weighted by Crippen LogP contribution is 2.42. The molecule has 0 amide bonds. The smallest absolute Gasteiger partial charge is 0.231 e. The highest BCUT2D eigenvalue weighted by atomic mass is 16.7. The Morgan fingerprint density at radius 3 is 2.96 bits per heavy atom. The molecule has 0 saturated carbocycles. The summed E-state index contributed by atoms with van der Waals surface area (Å²) >= 11 is 0. The van der Waals surface area contributed by atoms with Crippen molar-refractivity contribution < 1.29 is 9.47 Å². The largest absolute Gasteiger partial charge is 0.454 e. The minimum atomic E-state index is -0.193. The molecule has 142 valence electrons. The number of ether oxygens (including phenoxy) is 2. The van der Waals surface area contributed by atoms with Crippen molar-refractivity contribution in [3.63, 3.8) is 0 Å². The number of aromatic nitrogens is 2. The Bertz CT molecular complexity index is 1110. The van der Waals surface area contributed by atoms with E-state index in [4.69, 9.17) is 20.2 Å². The van der Waals surface area contributed by atoms with Gasteiger partial charge in [-0.25, -0.2) is 15.4 Å². The zero-order chi connectivity index (χ0) is 18.7. The van der Waals surface area contributed by atoms with Gasteiger partial charge in [0.2, 0.25) is 12.7 Å². The average Bonchev–Trinajstić information content (AvgIpc) is 3.43. The SMILES string of the molecule is NC1=NC(C2CNNC2c2ccc3c(c2)OCO3)n2c(nc3ccccc32)N1. The number of benzene rings is 2. The molecule has 4 heterocycles. The van der Waals surface area contributed by atoms with Crippen molar-refractivity contribution in [2.75, 3.05) is 18.7 Å². The standard InChI is InChI=1S/C19H19N7O2/c20-18-23-17(26-13-4-2-1-3-12(13)22-19(26)24-18)11-8-21-25-16(11)10-5-6-14-15(7-10)28-9-27-14/h1-7,11,16-17,21,25H,8-9H2,(H3,20,22,23,24). The van der Waals surface area contributed by atoms with Gasteiger partial charge in [-0.2, -0.15) is 0 Å². The summed E-state index contributed by atoms with van der Waals surface area (Å²) in [7, 11) is 0. The Labute approximate surface area is 160 Å². The molecule has 28 heavy (non-hydrogen) atoms. The lowest BCUT2D eigenvalue weighted by molar-refractivity contribution is 0.174. The molecule has 1 aromatic heterocycles. The number of hydrogen-bond donors (Lipinski definition) is 4. The molecule has 9 nitrogen and oxygen atoms in total. The van der Waals surface area contributed by atoms with E-state index in [0.717, 1.165) is 40.6 Å². The summed E-state index contributed by atoms with van der Waals surface area (Å²) in [5.41, 5.74) is 15.8. The third-order valence-corrected chi connectivity index (χ3v) is 5.53. The van der Waals surface area contributed by atoms with Crippen molar-refractivity contribution in [1.82, 2.24) is 20.4 Å². The highest BCUT2D eigenvalue weighted by molar-refractivity contribution is 5.94. The van der Waals surface area contributed by atoms with Crippen LogP contribution in [0.25, 0.3) is 11.0 Å². The fraction of sp³-hybridized carbons (Fsp3) is 0.263. The molecule has 9 heteroatoms. The normalized spacial score (nSPS) is 25.4. The molecule has 6 rings (SSSR count). The van der Waals surface area contributed by atoms with E-state index in [0.29, 0.717) is 5.96 Å². The molecule has 0 radical (unpaired) electrons. The molecule has 3 unspecified atom stereocenters. The van der Waals surface area contributed by atoms with E-state index >= 15 is 0 Å². The van der Waals surface area contributed by atoms with Crippen LogP contribution in [0.2, 0.25) is 0 Å². The summed E-state index contributed by atoms with van der Waals surface area (Å²) in [5.74, 6) is 2.77. The predicted molar refractivity (Wildman–Crippen MR) is 104 cm³/mol. The molecule has 0 bridgehead atoms. The topological polar surface area (TPSA) is 111 Å². The maximum absolute atomic E-state index is 6.10. The lowest BCUT2D eigenvalue weighted by Crippen LogP contribution is -2.35. The second-order valence-corrected chi connectivity index (χ2v) is 7.13. The summed E-state index contributed by atoms with van der Waals surface area (Å²) in [5, 5.41) is 3.09. The number of imidazole rings is 1. The van der Waals surface area contributed by atoms with Gasteiger partial charge < -0.3 is 15.2 Å². The van der Waals surface area contributed by atoms with Crippen LogP contribution < -0.4 is 31.4 Å². The Hall–Kier alpha value is -3.30. The molecule has 3 atom stereocenters. The van der Waals surface area contributed by atoms with E-state index in [-0.39, 0.29) is 24.9 Å². The van der Waals surface area contributed by atoms with Gasteiger partial charge in [0.15, 0.2) is 17.5 Å². The fourth-order valence-electron chi connectivity index (χ4n) is 4.26. The van der Waals surface area contributed by atoms with Crippen molar-refractivity contribution >= 4 is 22.9 Å². The van der Waals surface area contributed by atoms with E-state index in [9.17, 15) is 0 Å². The quantitative estimate of drug-likeness (QED) is 0.535. The first-order valence-corrected chi connectivity index (χ1v) is 9.23. The number of hydrazine groups is 1. The molecule has 3 aliphatic rings. The second-order valence-electron chi connectivity index (χ2n) is 7.13. The summed E-state index contributed by atoms with van der Waals surface area (Å²) in [6.07, 6.45) is -0.193. The van der Waals surface area contributed by atoms with Crippen molar-refractivity contribution in [3.05, 3.63) is 48.0 Å². The molecule has 3 aromatic rings. The minimum Gasteiger partial charge on any atom is -0.454 e. The van der Waals surface area contributed by atoms with Crippen LogP contribution in [0.1, 0.15) is 17.8 Å². The first kappa shape index (κ1) is 15.7. The van der Waals surface area contributed by atoms with Gasteiger partial charge in [0.1, 0.15) is 6.17 Å². The lowest BCUT2D eigenvalue weighted by Gasteiger charge is -2.30. The first-order chi connectivity index (χ1) is 13.8. The number of hydrogen-bond acceptors (Lipinski definition) is 8. The van der Waals surface area contributed by atoms with Crippen LogP contribution in [-0.2, 0) is 0 Å². The first-order valence-electron chi connectivity index (χ1n) is 9.23. The zero-order valence-corrected chi connectivity index (χ0v) is 14.9. The molecule has 2 aromatic carbocycles. The third-order valence-electron chi connectivity index (χ3n) is 5.53. The number of nitrogens with two attached hydrogens (primary N) is 1. The molecular weight excluding hydrogens is 358 g/mol. The van der Waals surface area contributed by atoms with Gasteiger partial charge in [-0.15, -0.1) is 0 Å². The number of nitrogens with zero attached hydrogens (tertiary/aromatic N) is 3. The van der Waals surface area contributed by atoms with Crippen LogP contribution in [0.3, 0.4) is 0 Å². The monoisotopic (exact) mass is 377 g/mol. The average molecular weight is 377 g/mol. The number of guanidine groups is 1. The van der Waals surface area contributed by atoms with Crippen LogP contribution >= 0.6 is 0 Å². The van der Waals surface area contributed by atoms with E-state index in [1.807, 2.05) is 30.3 Å². The molecule has 5 N–H and O–H groups in total. The zero-order valence-electron chi connectivity index (χ0n) is 14.9. The van der Waals surface area contributed by atoms with Gasteiger partial charge >= 0.3 is 0 Å². The van der Waals surface area contributed by atoms with Crippen molar-refractivity contribution in [1.29, 1.82) is 0 Å². The molecule has 0 spiro atoms. The van der Waals surface area contributed by atoms with Gasteiger partial charge in [-0.1, -0.05) is 18.2 Å². The maximum Gasteiger partial charge on any atom is 0.231 e. The van der Waals surface area contributed by atoms with Crippen molar-refractivity contribution in [2.45, 2.75) is 12.2 Å². The van der Waals surface area contributed by atoms with Crippen LogP contribution in [-0.4, -0.2) is 28.8 Å². The number of fused-ring (bicyclic) bond motifs is 4. The van der Waals surface area contributed by atoms with E-state index in [2.05, 4.69) is 37.9 Å². The van der Waals surface area contributed by atoms with Gasteiger partial charge in [0, 0.05) is 12.5 Å². The Kier molecular flexibility index (Phi) is 3.28. The van der Waals surface area contributed by atoms with E-state index < -0.39 is 0 Å². The summed E-state index contributed by atoms with van der Waals surface area (Å²) in [6.45, 7) is 1.00. The van der Waals surface area contributed by atoms with Crippen LogP contribution in [0.15, 0.2) is 47.5 Å². The summed E-state index contributed by atoms with van der Waals surface area (Å²) in [4.78, 5) is 9.43. The summed E-state index contributed by atoms with van der Waals surface area (Å²) < 4.78 is 13.1. The minimum absolute atomic E-state index is 0.0307. The maximum atomic E-state index is 6.10. The van der Waals surface area contributed by atoms with Gasteiger partial charge in [0.05, 0.1) is 17.1 Å². The Balaban J connectivity index is 1.44. The Morgan fingerprint density at radius 2 is 2.00 bits per heavy atom. The van der Waals surface area contributed by atoms with Crippen molar-refractivity contribution in [2.24, 2.45) is 16.6 Å². The number of rotatable bonds is 2. The lowest BCUT2D eigenvalue weighted by atomic mass is 9.91. The van der Waals surface area contributed by atoms with Crippen LogP contribution in [0.4, 0.5) is 5.95 Å². The highest BCUT2D eigenvalue weighted by Gasteiger charge is 2.39. The molecule has 1 saturated heterocycles. The van der Waals surface area contributed by atoms with Gasteiger partial charge in [-0.05, 0) is 29.8 Å². The number of para-hydroxylation sites is 2. The van der Waals surface area contributed by atoms with Crippen LogP contribution in [0, 0.1) is 5.92 Å². The van der Waals surface area contributed by atoms with Crippen molar-refractivity contribution in [3.8, 4) is 11.5 Å². The molecule has 1 fully saturated rings. The second kappa shape index (κ2) is 5.85. The van der Waals surface area contributed by atoms with Crippen LogP contribution in [0.5, 0.6) is 11.5 Å². The fourth-order valence-corrected chi connectivity index (χ4v) is 4.26. The third kappa shape index (κ3) is 2.26. The number of aliphatic imine (C=N–C) groups is 1. The molecular formula is C19H19N7O2.